The average molecular weight is 342 g/mol. The molecule has 2 rings (SSSR count). The number of nitrogens with two attached hydrogens (primary N) is 1. The topological polar surface area (TPSA) is 99.3 Å². The van der Waals surface area contributed by atoms with Crippen molar-refractivity contribution in [3.05, 3.63) is 35.4 Å². The van der Waals surface area contributed by atoms with Gasteiger partial charge in [-0.05, 0) is 18.1 Å². The summed E-state index contributed by atoms with van der Waals surface area (Å²) >= 11 is 0. The fraction of sp³-hybridized carbons (Fsp3) is 0.400. The van der Waals surface area contributed by atoms with Crippen molar-refractivity contribution in [3.8, 4) is 0 Å². The molecule has 0 spiro atoms. The summed E-state index contributed by atoms with van der Waals surface area (Å²) in [6.07, 6.45) is -5.71. The van der Waals surface area contributed by atoms with Crippen LogP contribution in [0.3, 0.4) is 0 Å². The van der Waals surface area contributed by atoms with Gasteiger partial charge in [-0.15, -0.1) is 0 Å². The molecule has 1 aromatic carbocycles. The van der Waals surface area contributed by atoms with E-state index in [-0.39, 0.29) is 19.4 Å². The zero-order valence-corrected chi connectivity index (χ0v) is 12.7. The van der Waals surface area contributed by atoms with Crippen molar-refractivity contribution in [2.45, 2.75) is 31.5 Å². The second kappa shape index (κ2) is 6.90. The van der Waals surface area contributed by atoms with E-state index in [9.17, 15) is 22.8 Å². The predicted octanol–water partition coefficient (Wildman–Crippen LogP) is 1.93. The van der Waals surface area contributed by atoms with Gasteiger partial charge >= 0.3 is 6.18 Å². The molecule has 0 aliphatic carbocycles. The molecule has 130 valence electrons. The number of nitrogens with one attached hydrogen (secondary N) is 2. The number of carbonyl (C=O) groups is 2. The molecular weight excluding hydrogens is 325 g/mol. The number of carbonyl (C=O) groups excluding carboxylic acids is 2. The Hall–Kier alpha value is -2.58. The maximum atomic E-state index is 12.4. The molecule has 0 saturated carbocycles. The summed E-state index contributed by atoms with van der Waals surface area (Å²) in [5.41, 5.74) is 6.07. The van der Waals surface area contributed by atoms with Crippen LogP contribution >= 0.6 is 0 Å². The first-order chi connectivity index (χ1) is 11.2. The third kappa shape index (κ3) is 4.24. The van der Waals surface area contributed by atoms with E-state index >= 15 is 0 Å². The lowest BCUT2D eigenvalue weighted by atomic mass is 10.0. The number of fused-ring (bicyclic) bond motifs is 1. The summed E-state index contributed by atoms with van der Waals surface area (Å²) in [5.74, 6) is -1.49. The van der Waals surface area contributed by atoms with Crippen LogP contribution in [0.1, 0.15) is 41.2 Å². The van der Waals surface area contributed by atoms with E-state index in [1.165, 1.54) is 4.90 Å². The van der Waals surface area contributed by atoms with E-state index in [0.29, 0.717) is 11.1 Å². The van der Waals surface area contributed by atoms with E-state index in [0.717, 1.165) is 0 Å². The molecular formula is C15H17F3N4O2. The molecule has 0 bridgehead atoms. The Labute approximate surface area is 136 Å². The summed E-state index contributed by atoms with van der Waals surface area (Å²) in [7, 11) is 0. The van der Waals surface area contributed by atoms with E-state index in [1.54, 1.807) is 24.3 Å². The van der Waals surface area contributed by atoms with Gasteiger partial charge in [0.15, 0.2) is 5.96 Å². The molecule has 0 saturated heterocycles. The number of benzene rings is 1. The molecule has 24 heavy (non-hydrogen) atoms. The first-order valence-corrected chi connectivity index (χ1v) is 7.29. The van der Waals surface area contributed by atoms with E-state index < -0.39 is 36.4 Å². The normalized spacial score (nSPS) is 16.9. The number of hydrogen-bond donors (Lipinski definition) is 3. The Morgan fingerprint density at radius 1 is 1.33 bits per heavy atom. The minimum absolute atomic E-state index is 0.106. The molecule has 0 aromatic heterocycles. The van der Waals surface area contributed by atoms with Crippen LogP contribution in [0.15, 0.2) is 24.3 Å². The molecule has 1 unspecified atom stereocenters. The van der Waals surface area contributed by atoms with E-state index in [2.05, 4.69) is 5.32 Å². The summed E-state index contributed by atoms with van der Waals surface area (Å²) in [6, 6.07) is 5.94. The highest BCUT2D eigenvalue weighted by atomic mass is 19.4. The Bertz CT molecular complexity index is 660. The van der Waals surface area contributed by atoms with Gasteiger partial charge in [-0.1, -0.05) is 18.2 Å². The van der Waals surface area contributed by atoms with Crippen molar-refractivity contribution < 1.29 is 22.8 Å². The number of guanidine groups is 1. The maximum absolute atomic E-state index is 12.4. The van der Waals surface area contributed by atoms with Gasteiger partial charge in [0.25, 0.3) is 5.91 Å². The van der Waals surface area contributed by atoms with Crippen molar-refractivity contribution in [3.63, 3.8) is 0 Å². The van der Waals surface area contributed by atoms with Gasteiger partial charge in [0.2, 0.25) is 5.91 Å². The molecule has 0 fully saturated rings. The predicted molar refractivity (Wildman–Crippen MR) is 80.2 cm³/mol. The minimum atomic E-state index is -4.29. The van der Waals surface area contributed by atoms with Crippen molar-refractivity contribution in [1.29, 1.82) is 5.41 Å². The zero-order chi connectivity index (χ0) is 17.9. The third-order valence-electron chi connectivity index (χ3n) is 3.70. The van der Waals surface area contributed by atoms with Crippen molar-refractivity contribution >= 4 is 17.8 Å². The summed E-state index contributed by atoms with van der Waals surface area (Å²) in [6.45, 7) is -0.106. The molecule has 9 heteroatoms. The van der Waals surface area contributed by atoms with E-state index in [1.807, 2.05) is 0 Å². The van der Waals surface area contributed by atoms with Gasteiger partial charge in [-0.25, -0.2) is 0 Å². The molecule has 1 aliphatic rings. The number of nitrogens with zero attached hydrogens (tertiary/aromatic N) is 1. The Morgan fingerprint density at radius 2 is 2.00 bits per heavy atom. The van der Waals surface area contributed by atoms with Crippen molar-refractivity contribution in [2.24, 2.45) is 5.73 Å². The largest absolute Gasteiger partial charge is 0.389 e. The second-order valence-corrected chi connectivity index (χ2v) is 5.49. The number of rotatable bonds is 5. The lowest BCUT2D eigenvalue weighted by Gasteiger charge is -2.25. The van der Waals surface area contributed by atoms with Crippen LogP contribution in [-0.4, -0.2) is 35.4 Å². The number of alkyl halides is 3. The average Bonchev–Trinajstić information content (AvgIpc) is 2.71. The molecule has 1 aromatic rings. The second-order valence-electron chi connectivity index (χ2n) is 5.49. The van der Waals surface area contributed by atoms with Gasteiger partial charge in [-0.3, -0.25) is 20.3 Å². The smallest absolute Gasteiger partial charge is 0.370 e. The fourth-order valence-electron chi connectivity index (χ4n) is 2.75. The third-order valence-corrected chi connectivity index (χ3v) is 3.70. The van der Waals surface area contributed by atoms with Crippen LogP contribution in [0, 0.1) is 5.41 Å². The Balaban J connectivity index is 2.16. The standard InChI is InChI=1S/C15H17F3N4O2/c16-15(17,18)6-3-7-22-11(8-12(23)21-14(19)20)9-4-1-2-5-10(9)13(22)24/h1-2,4-5,11H,3,6-8H2,(H4,19,20,21,23). The number of halogens is 3. The van der Waals surface area contributed by atoms with Gasteiger partial charge in [0, 0.05) is 18.5 Å². The highest BCUT2D eigenvalue weighted by Gasteiger charge is 2.38. The molecule has 6 nitrogen and oxygen atoms in total. The fourth-order valence-corrected chi connectivity index (χ4v) is 2.75. The van der Waals surface area contributed by atoms with Crippen LogP contribution in [0.5, 0.6) is 0 Å². The molecule has 1 aliphatic heterocycles. The van der Waals surface area contributed by atoms with Crippen LogP contribution in [0.2, 0.25) is 0 Å². The van der Waals surface area contributed by atoms with Gasteiger partial charge in [-0.2, -0.15) is 13.2 Å². The quantitative estimate of drug-likeness (QED) is 0.563. The van der Waals surface area contributed by atoms with Gasteiger partial charge < -0.3 is 10.6 Å². The highest BCUT2D eigenvalue weighted by Crippen LogP contribution is 2.36. The SMILES string of the molecule is N=C(N)NC(=O)CC1c2ccccc2C(=O)N1CCCC(F)(F)F. The Kier molecular flexibility index (Phi) is 5.10. The summed E-state index contributed by atoms with van der Waals surface area (Å²) < 4.78 is 37.0. The minimum Gasteiger partial charge on any atom is -0.370 e. The lowest BCUT2D eigenvalue weighted by molar-refractivity contribution is -0.136. The zero-order valence-electron chi connectivity index (χ0n) is 12.7. The molecule has 1 heterocycles. The number of amides is 2. The van der Waals surface area contributed by atoms with E-state index in [4.69, 9.17) is 11.1 Å². The van der Waals surface area contributed by atoms with Crippen molar-refractivity contribution in [1.82, 2.24) is 10.2 Å². The molecule has 4 N–H and O–H groups in total. The summed E-state index contributed by atoms with van der Waals surface area (Å²) in [5, 5.41) is 9.17. The first kappa shape index (κ1) is 17.8. The van der Waals surface area contributed by atoms with Crippen LogP contribution in [-0.2, 0) is 4.79 Å². The molecule has 0 radical (unpaired) electrons. The number of hydrogen-bond acceptors (Lipinski definition) is 3. The first-order valence-electron chi connectivity index (χ1n) is 7.29. The Morgan fingerprint density at radius 3 is 2.62 bits per heavy atom. The van der Waals surface area contributed by atoms with Gasteiger partial charge in [0.05, 0.1) is 12.5 Å². The van der Waals surface area contributed by atoms with Crippen LogP contribution in [0.25, 0.3) is 0 Å². The molecule has 1 atom stereocenters. The van der Waals surface area contributed by atoms with Crippen LogP contribution < -0.4 is 11.1 Å². The summed E-state index contributed by atoms with van der Waals surface area (Å²) in [4.78, 5) is 25.5. The van der Waals surface area contributed by atoms with Gasteiger partial charge in [0.1, 0.15) is 0 Å². The highest BCUT2D eigenvalue weighted by molar-refractivity contribution is 6.01. The monoisotopic (exact) mass is 342 g/mol. The van der Waals surface area contributed by atoms with Crippen molar-refractivity contribution in [2.75, 3.05) is 6.54 Å². The lowest BCUT2D eigenvalue weighted by Crippen LogP contribution is -2.38. The molecule has 2 amide bonds. The maximum Gasteiger partial charge on any atom is 0.389 e. The van der Waals surface area contributed by atoms with Crippen LogP contribution in [0.4, 0.5) is 13.2 Å².